The number of ketones is 1. The summed E-state index contributed by atoms with van der Waals surface area (Å²) in [5.41, 5.74) is 2.01. The number of ether oxygens (including phenoxy) is 1. The number of hydrogen-bond donors (Lipinski definition) is 1. The summed E-state index contributed by atoms with van der Waals surface area (Å²) >= 11 is 0. The highest BCUT2D eigenvalue weighted by Crippen LogP contribution is 2.22. The molecule has 0 radical (unpaired) electrons. The number of anilines is 1. The van der Waals surface area contributed by atoms with Crippen LogP contribution in [0.15, 0.2) is 18.2 Å². The van der Waals surface area contributed by atoms with Gasteiger partial charge in [0.2, 0.25) is 0 Å². The predicted molar refractivity (Wildman–Crippen MR) is 68.8 cm³/mol. The van der Waals surface area contributed by atoms with Crippen LogP contribution in [0.3, 0.4) is 0 Å². The lowest BCUT2D eigenvalue weighted by molar-refractivity contribution is -0.124. The fourth-order valence-electron chi connectivity index (χ4n) is 2.24. The number of Topliss-reactive ketones (excluding diaryl/α,β-unsaturated/α-hetero) is 1. The monoisotopic (exact) mass is 247 g/mol. The lowest BCUT2D eigenvalue weighted by atomic mass is 10.0. The van der Waals surface area contributed by atoms with Crippen molar-refractivity contribution < 1.29 is 14.3 Å². The highest BCUT2D eigenvalue weighted by atomic mass is 16.5. The maximum atomic E-state index is 12.0. The van der Waals surface area contributed by atoms with Crippen LogP contribution < -0.4 is 5.32 Å². The van der Waals surface area contributed by atoms with Crippen LogP contribution in [0.1, 0.15) is 35.7 Å². The minimum Gasteiger partial charge on any atom is -0.368 e. The predicted octanol–water partition coefficient (Wildman–Crippen LogP) is 2.32. The molecule has 0 aliphatic carbocycles. The van der Waals surface area contributed by atoms with Gasteiger partial charge in [0.1, 0.15) is 6.10 Å². The van der Waals surface area contributed by atoms with Gasteiger partial charge >= 0.3 is 0 Å². The number of carbonyl (C=O) groups excluding carboxylic acids is 2. The molecule has 1 fully saturated rings. The molecule has 1 heterocycles. The largest absolute Gasteiger partial charge is 0.368 e. The Morgan fingerprint density at radius 3 is 2.78 bits per heavy atom. The average molecular weight is 247 g/mol. The van der Waals surface area contributed by atoms with Gasteiger partial charge < -0.3 is 10.1 Å². The molecule has 2 rings (SSSR count). The Balaban J connectivity index is 2.20. The Hall–Kier alpha value is -1.68. The lowest BCUT2D eigenvalue weighted by Crippen LogP contribution is -2.27. The molecule has 0 bridgehead atoms. The van der Waals surface area contributed by atoms with Gasteiger partial charge in [0, 0.05) is 12.2 Å². The van der Waals surface area contributed by atoms with Gasteiger partial charge in [-0.1, -0.05) is 12.1 Å². The van der Waals surface area contributed by atoms with Crippen LogP contribution in [0.25, 0.3) is 0 Å². The van der Waals surface area contributed by atoms with E-state index in [-0.39, 0.29) is 17.8 Å². The molecule has 4 heteroatoms. The Kier molecular flexibility index (Phi) is 3.77. The zero-order valence-electron chi connectivity index (χ0n) is 10.7. The van der Waals surface area contributed by atoms with Crippen molar-refractivity contribution in [2.75, 3.05) is 11.9 Å². The topological polar surface area (TPSA) is 55.4 Å². The Morgan fingerprint density at radius 1 is 1.39 bits per heavy atom. The number of carbonyl (C=O) groups is 2. The Bertz CT molecular complexity index is 476. The molecule has 1 aliphatic heterocycles. The van der Waals surface area contributed by atoms with Crippen molar-refractivity contribution >= 4 is 17.4 Å². The summed E-state index contributed by atoms with van der Waals surface area (Å²) in [6.45, 7) is 3.99. The molecule has 0 spiro atoms. The molecule has 1 aromatic rings. The second-order valence-electron chi connectivity index (χ2n) is 4.54. The number of aryl methyl sites for hydroxylation is 1. The fraction of sp³-hybridized carbons (Fsp3) is 0.429. The first-order chi connectivity index (χ1) is 8.59. The average Bonchev–Trinajstić information content (AvgIpc) is 2.81. The van der Waals surface area contributed by atoms with Crippen LogP contribution in [0, 0.1) is 6.92 Å². The third-order valence-corrected chi connectivity index (χ3v) is 3.10. The van der Waals surface area contributed by atoms with Gasteiger partial charge in [0.25, 0.3) is 5.91 Å². The van der Waals surface area contributed by atoms with E-state index in [2.05, 4.69) is 5.32 Å². The van der Waals surface area contributed by atoms with Crippen molar-refractivity contribution in [1.29, 1.82) is 0 Å². The van der Waals surface area contributed by atoms with Gasteiger partial charge in [-0.25, -0.2) is 0 Å². The van der Waals surface area contributed by atoms with Gasteiger partial charge in [0.05, 0.1) is 5.69 Å². The molecule has 1 unspecified atom stereocenters. The minimum atomic E-state index is -0.384. The molecule has 0 aromatic heterocycles. The molecule has 0 saturated carbocycles. The van der Waals surface area contributed by atoms with Crippen molar-refractivity contribution in [3.63, 3.8) is 0 Å². The van der Waals surface area contributed by atoms with E-state index >= 15 is 0 Å². The maximum absolute atomic E-state index is 12.0. The first-order valence-corrected chi connectivity index (χ1v) is 6.12. The minimum absolute atomic E-state index is 0.0456. The molecule has 1 aromatic carbocycles. The highest BCUT2D eigenvalue weighted by Gasteiger charge is 2.24. The van der Waals surface area contributed by atoms with E-state index in [0.29, 0.717) is 17.9 Å². The maximum Gasteiger partial charge on any atom is 0.253 e. The summed E-state index contributed by atoms with van der Waals surface area (Å²) in [4.78, 5) is 23.6. The SMILES string of the molecule is CC(=O)c1c(C)cccc1NC(=O)C1CCCO1. The molecule has 1 aliphatic rings. The second kappa shape index (κ2) is 5.31. The molecule has 18 heavy (non-hydrogen) atoms. The van der Waals surface area contributed by atoms with Crippen molar-refractivity contribution in [3.05, 3.63) is 29.3 Å². The molecule has 1 atom stereocenters. The van der Waals surface area contributed by atoms with E-state index < -0.39 is 0 Å². The number of amides is 1. The van der Waals surface area contributed by atoms with Gasteiger partial charge in [-0.3, -0.25) is 9.59 Å². The number of nitrogens with one attached hydrogen (secondary N) is 1. The van der Waals surface area contributed by atoms with E-state index in [4.69, 9.17) is 4.74 Å². The van der Waals surface area contributed by atoms with Crippen LogP contribution in [-0.4, -0.2) is 24.4 Å². The zero-order chi connectivity index (χ0) is 13.1. The standard InChI is InChI=1S/C14H17NO3/c1-9-5-3-6-11(13(9)10(2)16)15-14(17)12-7-4-8-18-12/h3,5-6,12H,4,7-8H2,1-2H3,(H,15,17). The van der Waals surface area contributed by atoms with E-state index in [1.807, 2.05) is 19.1 Å². The summed E-state index contributed by atoms with van der Waals surface area (Å²) in [5, 5.41) is 2.79. The van der Waals surface area contributed by atoms with Crippen LogP contribution in [-0.2, 0) is 9.53 Å². The first-order valence-electron chi connectivity index (χ1n) is 6.12. The molecule has 1 saturated heterocycles. The highest BCUT2D eigenvalue weighted by molar-refractivity contribution is 6.05. The quantitative estimate of drug-likeness (QED) is 0.834. The third-order valence-electron chi connectivity index (χ3n) is 3.10. The number of hydrogen-bond acceptors (Lipinski definition) is 3. The van der Waals surface area contributed by atoms with Crippen molar-refractivity contribution in [3.8, 4) is 0 Å². The first kappa shape index (κ1) is 12.8. The Labute approximate surface area is 106 Å². The molecular formula is C14H17NO3. The van der Waals surface area contributed by atoms with Crippen LogP contribution in [0.4, 0.5) is 5.69 Å². The van der Waals surface area contributed by atoms with E-state index in [9.17, 15) is 9.59 Å². The third kappa shape index (κ3) is 2.59. The summed E-state index contributed by atoms with van der Waals surface area (Å²) in [5.74, 6) is -0.212. The zero-order valence-corrected chi connectivity index (χ0v) is 10.7. The van der Waals surface area contributed by atoms with E-state index in [1.54, 1.807) is 6.07 Å². The van der Waals surface area contributed by atoms with Gasteiger partial charge in [0.15, 0.2) is 5.78 Å². The number of rotatable bonds is 3. The van der Waals surface area contributed by atoms with Crippen molar-refractivity contribution in [2.24, 2.45) is 0 Å². The Morgan fingerprint density at radius 2 is 2.17 bits per heavy atom. The fourth-order valence-corrected chi connectivity index (χ4v) is 2.24. The second-order valence-corrected chi connectivity index (χ2v) is 4.54. The van der Waals surface area contributed by atoms with Crippen molar-refractivity contribution in [2.45, 2.75) is 32.8 Å². The van der Waals surface area contributed by atoms with Crippen molar-refractivity contribution in [1.82, 2.24) is 0 Å². The summed E-state index contributed by atoms with van der Waals surface area (Å²) in [7, 11) is 0. The van der Waals surface area contributed by atoms with Gasteiger partial charge in [-0.2, -0.15) is 0 Å². The smallest absolute Gasteiger partial charge is 0.253 e. The normalized spacial score (nSPS) is 18.7. The lowest BCUT2D eigenvalue weighted by Gasteiger charge is -2.14. The summed E-state index contributed by atoms with van der Waals surface area (Å²) in [6, 6.07) is 5.43. The van der Waals surface area contributed by atoms with Gasteiger partial charge in [-0.05, 0) is 38.3 Å². The summed E-state index contributed by atoms with van der Waals surface area (Å²) in [6.07, 6.45) is 1.27. The van der Waals surface area contributed by atoms with Crippen LogP contribution >= 0.6 is 0 Å². The van der Waals surface area contributed by atoms with E-state index in [0.717, 1.165) is 18.4 Å². The molecule has 96 valence electrons. The molecule has 1 N–H and O–H groups in total. The molecular weight excluding hydrogens is 230 g/mol. The molecule has 4 nitrogen and oxygen atoms in total. The van der Waals surface area contributed by atoms with E-state index in [1.165, 1.54) is 6.92 Å². The summed E-state index contributed by atoms with van der Waals surface area (Å²) < 4.78 is 5.32. The van der Waals surface area contributed by atoms with Crippen LogP contribution in [0.2, 0.25) is 0 Å². The number of benzene rings is 1. The van der Waals surface area contributed by atoms with Gasteiger partial charge in [-0.15, -0.1) is 0 Å². The molecule has 1 amide bonds. The van der Waals surface area contributed by atoms with Crippen LogP contribution in [0.5, 0.6) is 0 Å².